The summed E-state index contributed by atoms with van der Waals surface area (Å²) in [6.45, 7) is 8.88. The first-order valence-corrected chi connectivity index (χ1v) is 20.9. The fraction of sp³-hybridized carbons (Fsp3) is 0.214. The van der Waals surface area contributed by atoms with Crippen LogP contribution in [0.4, 0.5) is 5.82 Å². The Kier molecular flexibility index (Phi) is 10.0. The Hall–Kier alpha value is -5.31. The van der Waals surface area contributed by atoms with E-state index in [4.69, 9.17) is 24.2 Å². The largest absolute Gasteiger partial charge is 0.493 e. The number of imidazole rings is 1. The van der Waals surface area contributed by atoms with Crippen LogP contribution in [0.1, 0.15) is 28.4 Å². The van der Waals surface area contributed by atoms with Gasteiger partial charge >= 0.3 is 0 Å². The van der Waals surface area contributed by atoms with Crippen LogP contribution < -0.4 is 9.47 Å². The minimum Gasteiger partial charge on any atom is -0.493 e. The van der Waals surface area contributed by atoms with Crippen molar-refractivity contribution in [3.63, 3.8) is 0 Å². The topological polar surface area (TPSA) is 70.8 Å². The number of rotatable bonds is 12. The van der Waals surface area contributed by atoms with Gasteiger partial charge in [-0.15, -0.1) is 0 Å². The van der Waals surface area contributed by atoms with Crippen molar-refractivity contribution < 1.29 is 14.2 Å². The fourth-order valence-electron chi connectivity index (χ4n) is 6.01. The van der Waals surface area contributed by atoms with Gasteiger partial charge in [0.1, 0.15) is 29.8 Å². The summed E-state index contributed by atoms with van der Waals surface area (Å²) in [5, 5.41) is 0. The minimum atomic E-state index is -1.19. The minimum absolute atomic E-state index is 0.0621. The lowest BCUT2D eigenvalue weighted by Gasteiger charge is -2.26. The molecule has 2 aromatic heterocycles. The van der Waals surface area contributed by atoms with Crippen LogP contribution in [0.5, 0.6) is 17.2 Å². The Morgan fingerprint density at radius 2 is 1.52 bits per heavy atom. The number of ether oxygens (including phenoxy) is 3. The van der Waals surface area contributed by atoms with Crippen LogP contribution in [0.2, 0.25) is 25.7 Å². The molecule has 0 aliphatic carbocycles. The van der Waals surface area contributed by atoms with Gasteiger partial charge in [-0.1, -0.05) is 111 Å². The predicted molar refractivity (Wildman–Crippen MR) is 203 cm³/mol. The molecule has 0 radical (unpaired) electrons. The molecule has 0 fully saturated rings. The van der Waals surface area contributed by atoms with E-state index in [9.17, 15) is 0 Å². The highest BCUT2D eigenvalue weighted by Gasteiger charge is 2.27. The maximum absolute atomic E-state index is 6.40. The molecule has 50 heavy (non-hydrogen) atoms. The predicted octanol–water partition coefficient (Wildman–Crippen LogP) is 9.94. The average molecular weight is 679 g/mol. The van der Waals surface area contributed by atoms with Gasteiger partial charge < -0.3 is 18.8 Å². The summed E-state index contributed by atoms with van der Waals surface area (Å²) >= 11 is 0. The summed E-state index contributed by atoms with van der Waals surface area (Å²) in [4.78, 5) is 14.7. The third-order valence-corrected chi connectivity index (χ3v) is 10.4. The first-order chi connectivity index (χ1) is 24.4. The van der Waals surface area contributed by atoms with E-state index >= 15 is 0 Å². The highest BCUT2D eigenvalue weighted by Crippen LogP contribution is 2.37. The Morgan fingerprint density at radius 3 is 2.22 bits per heavy atom. The number of hydrogen-bond donors (Lipinski definition) is 0. The molecule has 0 bridgehead atoms. The van der Waals surface area contributed by atoms with Crippen LogP contribution in [0.3, 0.4) is 0 Å². The molecule has 4 aromatic carbocycles. The van der Waals surface area contributed by atoms with Crippen LogP contribution in [0.25, 0.3) is 11.3 Å². The zero-order chi connectivity index (χ0) is 34.3. The number of benzene rings is 4. The zero-order valence-corrected chi connectivity index (χ0v) is 29.8. The summed E-state index contributed by atoms with van der Waals surface area (Å²) in [6.07, 6.45) is 4.62. The summed E-state index contributed by atoms with van der Waals surface area (Å²) < 4.78 is 21.1. The molecule has 0 saturated heterocycles. The van der Waals surface area contributed by atoms with Gasteiger partial charge in [0.05, 0.1) is 23.9 Å². The second-order valence-corrected chi connectivity index (χ2v) is 19.4. The number of pyridine rings is 1. The van der Waals surface area contributed by atoms with Gasteiger partial charge in [0.15, 0.2) is 5.82 Å². The first-order valence-electron chi connectivity index (χ1n) is 17.2. The normalized spacial score (nSPS) is 14.0. The number of hydrogen-bond acceptors (Lipinski definition) is 6. The van der Waals surface area contributed by atoms with Gasteiger partial charge in [-0.3, -0.25) is 0 Å². The quantitative estimate of drug-likeness (QED) is 0.0732. The Bertz CT molecular complexity index is 2020. The molecule has 0 saturated carbocycles. The van der Waals surface area contributed by atoms with Crippen molar-refractivity contribution in [3.8, 4) is 28.5 Å². The molecule has 0 amide bonds. The molecule has 1 aliphatic heterocycles. The zero-order valence-electron chi connectivity index (χ0n) is 28.8. The number of aromatic nitrogens is 3. The maximum atomic E-state index is 6.40. The van der Waals surface area contributed by atoms with E-state index in [0.29, 0.717) is 24.9 Å². The SMILES string of the molecule is C[Si](C)(C)CCOCn1cc(-c2ccccc2)nc1C1COc2ccc(Oc3ccnc(N=C(c4ccccc4)c4ccccc4)c3)cc2C1. The summed E-state index contributed by atoms with van der Waals surface area (Å²) in [5.41, 5.74) is 6.00. The van der Waals surface area contributed by atoms with Crippen LogP contribution in [-0.2, 0) is 17.9 Å². The van der Waals surface area contributed by atoms with Crippen molar-refractivity contribution in [2.24, 2.45) is 4.99 Å². The van der Waals surface area contributed by atoms with E-state index in [1.807, 2.05) is 78.9 Å². The smallest absolute Gasteiger partial charge is 0.156 e. The van der Waals surface area contributed by atoms with E-state index in [0.717, 1.165) is 70.1 Å². The molecule has 1 unspecified atom stereocenters. The van der Waals surface area contributed by atoms with Crippen molar-refractivity contribution in [3.05, 3.63) is 156 Å². The molecule has 7 nitrogen and oxygen atoms in total. The maximum Gasteiger partial charge on any atom is 0.156 e. The Labute approximate surface area is 295 Å². The molecule has 252 valence electrons. The van der Waals surface area contributed by atoms with Crippen molar-refractivity contribution in [2.75, 3.05) is 13.2 Å². The first kappa shape index (κ1) is 33.2. The van der Waals surface area contributed by atoms with Crippen molar-refractivity contribution in [1.29, 1.82) is 0 Å². The molecule has 7 rings (SSSR count). The van der Waals surface area contributed by atoms with Gasteiger partial charge in [0, 0.05) is 49.8 Å². The third kappa shape index (κ3) is 8.27. The van der Waals surface area contributed by atoms with Crippen molar-refractivity contribution >= 4 is 19.6 Å². The van der Waals surface area contributed by atoms with Crippen LogP contribution in [0.15, 0.2) is 139 Å². The van der Waals surface area contributed by atoms with Crippen LogP contribution >= 0.6 is 0 Å². The Morgan fingerprint density at radius 1 is 0.840 bits per heavy atom. The summed E-state index contributed by atoms with van der Waals surface area (Å²) in [5.74, 6) is 3.86. The lowest BCUT2D eigenvalue weighted by Crippen LogP contribution is -2.24. The van der Waals surface area contributed by atoms with Gasteiger partial charge in [-0.05, 0) is 42.3 Å². The summed E-state index contributed by atoms with van der Waals surface area (Å²) in [6, 6.07) is 41.5. The highest BCUT2D eigenvalue weighted by molar-refractivity contribution is 6.76. The lowest BCUT2D eigenvalue weighted by molar-refractivity contribution is 0.0830. The number of nitrogens with zero attached hydrogens (tertiary/aromatic N) is 4. The van der Waals surface area contributed by atoms with E-state index in [1.54, 1.807) is 6.20 Å². The molecule has 3 heterocycles. The van der Waals surface area contributed by atoms with E-state index in [1.165, 1.54) is 0 Å². The molecule has 0 N–H and O–H groups in total. The Balaban J connectivity index is 1.11. The molecule has 6 aromatic rings. The third-order valence-electron chi connectivity index (χ3n) is 8.68. The molecule has 1 atom stereocenters. The standard InChI is InChI=1S/C42H42N4O3Si/c1-50(2,3)24-23-47-30-46-28-38(31-13-7-4-8-14-31)44-42(46)35-25-34-26-36(19-20-39(34)48-29-35)49-37-21-22-43-40(27-37)45-41(32-15-9-5-10-16-32)33-17-11-6-12-18-33/h4-22,26-28,35H,23-25,29-30H2,1-3H3. The van der Waals surface area contributed by atoms with E-state index in [2.05, 4.69) is 77.9 Å². The van der Waals surface area contributed by atoms with Gasteiger partial charge in [-0.2, -0.15) is 0 Å². The molecular weight excluding hydrogens is 637 g/mol. The van der Waals surface area contributed by atoms with Gasteiger partial charge in [0.2, 0.25) is 0 Å². The molecule has 0 spiro atoms. The second kappa shape index (κ2) is 15.1. The average Bonchev–Trinajstić information content (AvgIpc) is 3.57. The van der Waals surface area contributed by atoms with Crippen molar-refractivity contribution in [1.82, 2.24) is 14.5 Å². The van der Waals surface area contributed by atoms with Gasteiger partial charge in [-0.25, -0.2) is 15.0 Å². The lowest BCUT2D eigenvalue weighted by atomic mass is 9.96. The highest BCUT2D eigenvalue weighted by atomic mass is 28.3. The molecule has 8 heteroatoms. The molecular formula is C42H42N4O3Si. The fourth-order valence-corrected chi connectivity index (χ4v) is 6.77. The monoisotopic (exact) mass is 678 g/mol. The van der Waals surface area contributed by atoms with E-state index in [-0.39, 0.29) is 5.92 Å². The van der Waals surface area contributed by atoms with E-state index < -0.39 is 8.07 Å². The second-order valence-electron chi connectivity index (χ2n) is 13.8. The van der Waals surface area contributed by atoms with Gasteiger partial charge in [0.25, 0.3) is 0 Å². The van der Waals surface area contributed by atoms with Crippen molar-refractivity contribution in [2.45, 2.75) is 44.8 Å². The van der Waals surface area contributed by atoms with Crippen LogP contribution in [-0.4, -0.2) is 41.5 Å². The number of fused-ring (bicyclic) bond motifs is 1. The summed E-state index contributed by atoms with van der Waals surface area (Å²) in [7, 11) is -1.19. The molecule has 1 aliphatic rings. The number of aliphatic imine (C=N–C) groups is 1. The van der Waals surface area contributed by atoms with Crippen LogP contribution in [0, 0.1) is 0 Å².